The number of rotatable bonds is 5. The van der Waals surface area contributed by atoms with E-state index in [1.165, 1.54) is 27.8 Å². The fourth-order valence-corrected chi connectivity index (χ4v) is 2.91. The van der Waals surface area contributed by atoms with Gasteiger partial charge in [0.05, 0.1) is 0 Å². The molecule has 0 bridgehead atoms. The molecule has 0 saturated carbocycles. The maximum Gasteiger partial charge on any atom is 0.0406 e. The van der Waals surface area contributed by atoms with Gasteiger partial charge in [0, 0.05) is 5.02 Å². The lowest BCUT2D eigenvalue weighted by atomic mass is 9.96. The minimum atomic E-state index is 0.769. The van der Waals surface area contributed by atoms with Crippen LogP contribution in [0.15, 0.2) is 84.9 Å². The highest BCUT2D eigenvalue weighted by atomic mass is 35.5. The van der Waals surface area contributed by atoms with Crippen molar-refractivity contribution in [2.45, 2.75) is 19.8 Å². The fraction of sp³-hybridized carbons (Fsp3) is 0.130. The Bertz CT molecular complexity index is 797. The molecule has 0 aliphatic rings. The third-order valence-electron chi connectivity index (χ3n) is 4.14. The molecule has 0 spiro atoms. The predicted octanol–water partition coefficient (Wildman–Crippen LogP) is 6.71. The van der Waals surface area contributed by atoms with E-state index in [1.54, 1.807) is 0 Å². The average molecular weight is 333 g/mol. The minimum Gasteiger partial charge on any atom is -0.0843 e. The Morgan fingerprint density at radius 2 is 1.42 bits per heavy atom. The molecule has 0 atom stereocenters. The summed E-state index contributed by atoms with van der Waals surface area (Å²) in [6.07, 6.45) is 4.39. The highest BCUT2D eigenvalue weighted by Crippen LogP contribution is 2.25. The van der Waals surface area contributed by atoms with Crippen LogP contribution < -0.4 is 0 Å². The molecule has 0 saturated heterocycles. The molecule has 0 fully saturated rings. The van der Waals surface area contributed by atoms with Gasteiger partial charge in [-0.2, -0.15) is 0 Å². The van der Waals surface area contributed by atoms with E-state index in [-0.39, 0.29) is 0 Å². The first-order valence-electron chi connectivity index (χ1n) is 8.29. The van der Waals surface area contributed by atoms with Crippen molar-refractivity contribution in [3.05, 3.63) is 112 Å². The Kier molecular flexibility index (Phi) is 5.51. The summed E-state index contributed by atoms with van der Waals surface area (Å²) in [4.78, 5) is 0. The molecule has 3 aromatic carbocycles. The first kappa shape index (κ1) is 16.5. The van der Waals surface area contributed by atoms with Gasteiger partial charge >= 0.3 is 0 Å². The summed E-state index contributed by atoms with van der Waals surface area (Å²) in [6, 6.07) is 27.4. The van der Waals surface area contributed by atoms with Crippen molar-refractivity contribution in [2.24, 2.45) is 0 Å². The summed E-state index contributed by atoms with van der Waals surface area (Å²) in [6.45, 7) is 2.12. The van der Waals surface area contributed by atoms with Gasteiger partial charge in [-0.25, -0.2) is 0 Å². The highest BCUT2D eigenvalue weighted by molar-refractivity contribution is 6.30. The van der Waals surface area contributed by atoms with Crippen LogP contribution in [0.5, 0.6) is 0 Å². The van der Waals surface area contributed by atoms with Crippen LogP contribution in [-0.4, -0.2) is 0 Å². The zero-order valence-corrected chi connectivity index (χ0v) is 14.6. The van der Waals surface area contributed by atoms with Crippen LogP contribution in [0, 0.1) is 6.92 Å². The molecule has 0 nitrogen and oxygen atoms in total. The van der Waals surface area contributed by atoms with E-state index in [0.29, 0.717) is 0 Å². The molecule has 0 unspecified atom stereocenters. The second-order valence-electron chi connectivity index (χ2n) is 6.01. The van der Waals surface area contributed by atoms with E-state index in [9.17, 15) is 0 Å². The molecular formula is C23H21Cl. The molecule has 0 aromatic heterocycles. The van der Waals surface area contributed by atoms with Crippen molar-refractivity contribution in [1.82, 2.24) is 0 Å². The van der Waals surface area contributed by atoms with Gasteiger partial charge in [-0.1, -0.05) is 90.0 Å². The van der Waals surface area contributed by atoms with Gasteiger partial charge in [-0.05, 0) is 54.2 Å². The number of allylic oxidation sites excluding steroid dienone is 1. The number of benzene rings is 3. The van der Waals surface area contributed by atoms with Crippen LogP contribution in [0.1, 0.15) is 28.7 Å². The normalized spacial score (nSPS) is 11.5. The van der Waals surface area contributed by atoms with Crippen LogP contribution in [0.3, 0.4) is 0 Å². The van der Waals surface area contributed by atoms with Crippen LogP contribution in [0.25, 0.3) is 5.57 Å². The molecule has 1 heteroatoms. The predicted molar refractivity (Wildman–Crippen MR) is 104 cm³/mol. The Hall–Kier alpha value is -2.31. The van der Waals surface area contributed by atoms with Gasteiger partial charge in [-0.15, -0.1) is 0 Å². The molecule has 0 heterocycles. The van der Waals surface area contributed by atoms with Crippen LogP contribution in [0.2, 0.25) is 5.02 Å². The second kappa shape index (κ2) is 7.99. The molecule has 3 rings (SSSR count). The molecule has 0 N–H and O–H groups in total. The monoisotopic (exact) mass is 332 g/mol. The molecular weight excluding hydrogens is 312 g/mol. The maximum absolute atomic E-state index is 6.04. The lowest BCUT2D eigenvalue weighted by molar-refractivity contribution is 1.00. The summed E-state index contributed by atoms with van der Waals surface area (Å²) in [5.41, 5.74) is 6.39. The molecule has 0 aliphatic heterocycles. The molecule has 120 valence electrons. The van der Waals surface area contributed by atoms with Gasteiger partial charge in [0.25, 0.3) is 0 Å². The molecule has 0 amide bonds. The number of hydrogen-bond donors (Lipinski definition) is 0. The van der Waals surface area contributed by atoms with Crippen molar-refractivity contribution in [2.75, 3.05) is 0 Å². The van der Waals surface area contributed by atoms with E-state index in [1.807, 2.05) is 12.1 Å². The Balaban J connectivity index is 1.84. The standard InChI is InChI=1S/C23H21Cl/c1-18-10-12-19(13-11-18)6-5-9-23(20-7-3-2-4-8-20)21-14-16-22(24)17-15-21/h2-4,7-17H,5-6H2,1H3/b23-9-. The van der Waals surface area contributed by atoms with Crippen molar-refractivity contribution in [1.29, 1.82) is 0 Å². The van der Waals surface area contributed by atoms with Crippen LogP contribution >= 0.6 is 11.6 Å². The fourth-order valence-electron chi connectivity index (χ4n) is 2.79. The maximum atomic E-state index is 6.04. The van der Waals surface area contributed by atoms with Gasteiger partial charge in [0.1, 0.15) is 0 Å². The van der Waals surface area contributed by atoms with Crippen molar-refractivity contribution >= 4 is 17.2 Å². The smallest absolute Gasteiger partial charge is 0.0406 e. The summed E-state index contributed by atoms with van der Waals surface area (Å²) in [7, 11) is 0. The quantitative estimate of drug-likeness (QED) is 0.487. The SMILES string of the molecule is Cc1ccc(CC/C=C(/c2ccccc2)c2ccc(Cl)cc2)cc1. The second-order valence-corrected chi connectivity index (χ2v) is 6.45. The first-order valence-corrected chi connectivity index (χ1v) is 8.67. The van der Waals surface area contributed by atoms with Gasteiger partial charge in [0.15, 0.2) is 0 Å². The molecule has 0 radical (unpaired) electrons. The molecule has 3 aromatic rings. The average Bonchev–Trinajstić information content (AvgIpc) is 2.62. The van der Waals surface area contributed by atoms with Gasteiger partial charge in [-0.3, -0.25) is 0 Å². The summed E-state index contributed by atoms with van der Waals surface area (Å²) in [5.74, 6) is 0. The number of hydrogen-bond acceptors (Lipinski definition) is 0. The highest BCUT2D eigenvalue weighted by Gasteiger charge is 2.04. The van der Waals surface area contributed by atoms with Crippen LogP contribution in [0.4, 0.5) is 0 Å². The lowest BCUT2D eigenvalue weighted by Crippen LogP contribution is -1.90. The zero-order valence-electron chi connectivity index (χ0n) is 13.9. The summed E-state index contributed by atoms with van der Waals surface area (Å²) < 4.78 is 0. The van der Waals surface area contributed by atoms with E-state index in [2.05, 4.69) is 79.7 Å². The minimum absolute atomic E-state index is 0.769. The van der Waals surface area contributed by atoms with Gasteiger partial charge in [0.2, 0.25) is 0 Å². The molecule has 24 heavy (non-hydrogen) atoms. The van der Waals surface area contributed by atoms with E-state index in [0.717, 1.165) is 17.9 Å². The topological polar surface area (TPSA) is 0 Å². The van der Waals surface area contributed by atoms with Crippen molar-refractivity contribution in [3.8, 4) is 0 Å². The largest absolute Gasteiger partial charge is 0.0843 e. The van der Waals surface area contributed by atoms with E-state index in [4.69, 9.17) is 11.6 Å². The zero-order chi connectivity index (χ0) is 16.8. The Morgan fingerprint density at radius 1 is 0.792 bits per heavy atom. The number of halogens is 1. The lowest BCUT2D eigenvalue weighted by Gasteiger charge is -2.09. The van der Waals surface area contributed by atoms with Crippen molar-refractivity contribution in [3.63, 3.8) is 0 Å². The Labute approximate surface area is 149 Å². The first-order chi connectivity index (χ1) is 11.7. The molecule has 0 aliphatic carbocycles. The Morgan fingerprint density at radius 3 is 2.08 bits per heavy atom. The van der Waals surface area contributed by atoms with Crippen LogP contribution in [-0.2, 0) is 6.42 Å². The van der Waals surface area contributed by atoms with Gasteiger partial charge < -0.3 is 0 Å². The third kappa shape index (κ3) is 4.37. The third-order valence-corrected chi connectivity index (χ3v) is 4.39. The van der Waals surface area contributed by atoms with E-state index < -0.39 is 0 Å². The summed E-state index contributed by atoms with van der Waals surface area (Å²) >= 11 is 6.04. The van der Waals surface area contributed by atoms with Crippen molar-refractivity contribution < 1.29 is 0 Å². The van der Waals surface area contributed by atoms with E-state index >= 15 is 0 Å². The summed E-state index contributed by atoms with van der Waals surface area (Å²) in [5, 5.41) is 0.769. The number of aryl methyl sites for hydroxylation is 2.